The lowest BCUT2D eigenvalue weighted by molar-refractivity contribution is -0.126. The number of hydrogen-bond donors (Lipinski definition) is 1. The van der Waals surface area contributed by atoms with Crippen molar-refractivity contribution < 1.29 is 9.18 Å². The van der Waals surface area contributed by atoms with E-state index < -0.39 is 12.1 Å². The second kappa shape index (κ2) is 5.30. The van der Waals surface area contributed by atoms with E-state index in [2.05, 4.69) is 6.92 Å². The van der Waals surface area contributed by atoms with E-state index in [0.717, 1.165) is 12.1 Å². The number of nitrogens with two attached hydrogens (primary N) is 1. The third-order valence-corrected chi connectivity index (χ3v) is 3.99. The van der Waals surface area contributed by atoms with Gasteiger partial charge in [-0.3, -0.25) is 4.79 Å². The van der Waals surface area contributed by atoms with E-state index in [-0.39, 0.29) is 11.7 Å². The van der Waals surface area contributed by atoms with E-state index in [0.29, 0.717) is 5.56 Å². The summed E-state index contributed by atoms with van der Waals surface area (Å²) in [6.07, 6.45) is 0.935. The Morgan fingerprint density at radius 3 is 2.43 bits per heavy atom. The van der Waals surface area contributed by atoms with Gasteiger partial charge in [0.15, 0.2) is 0 Å². The van der Waals surface area contributed by atoms with Crippen LogP contribution in [0.25, 0.3) is 0 Å². The molecule has 1 heterocycles. The van der Waals surface area contributed by atoms with Crippen molar-refractivity contribution in [1.29, 1.82) is 0 Å². The van der Waals surface area contributed by atoms with Crippen LogP contribution in [0.15, 0.2) is 48.5 Å². The number of β-lactam (4-membered cyclic amide) rings is 1. The summed E-state index contributed by atoms with van der Waals surface area (Å²) >= 11 is 0. The minimum Gasteiger partial charge on any atom is -0.318 e. The Hall–Kier alpha value is -2.20. The van der Waals surface area contributed by atoms with Crippen LogP contribution in [0.2, 0.25) is 0 Å². The van der Waals surface area contributed by atoms with Crippen LogP contribution in [-0.4, -0.2) is 11.9 Å². The molecule has 1 saturated heterocycles. The van der Waals surface area contributed by atoms with Gasteiger partial charge in [0.25, 0.3) is 0 Å². The highest BCUT2D eigenvalue weighted by atomic mass is 19.1. The second-order valence-electron chi connectivity index (χ2n) is 5.22. The average Bonchev–Trinajstić information content (AvgIpc) is 2.53. The van der Waals surface area contributed by atoms with E-state index in [1.165, 1.54) is 11.6 Å². The maximum atomic E-state index is 14.0. The molecule has 21 heavy (non-hydrogen) atoms. The molecule has 0 saturated carbocycles. The summed E-state index contributed by atoms with van der Waals surface area (Å²) < 4.78 is 14.0. The first-order valence-corrected chi connectivity index (χ1v) is 7.05. The lowest BCUT2D eigenvalue weighted by Crippen LogP contribution is -2.63. The molecule has 1 aliphatic rings. The van der Waals surface area contributed by atoms with Gasteiger partial charge in [-0.1, -0.05) is 37.3 Å². The lowest BCUT2D eigenvalue weighted by Gasteiger charge is -2.45. The van der Waals surface area contributed by atoms with Gasteiger partial charge in [-0.25, -0.2) is 4.39 Å². The van der Waals surface area contributed by atoms with Gasteiger partial charge in [0.05, 0.1) is 6.04 Å². The molecule has 2 aromatic rings. The summed E-state index contributed by atoms with van der Waals surface area (Å²) in [5.41, 5.74) is 8.30. The third kappa shape index (κ3) is 2.21. The van der Waals surface area contributed by atoms with Crippen molar-refractivity contribution in [3.05, 3.63) is 65.5 Å². The SMILES string of the molecule is CCc1ccc(N2C(=O)[C@H](N)[C@@H]2c2ccccc2F)cc1. The number of carbonyl (C=O) groups excluding carboxylic acids is 1. The number of carbonyl (C=O) groups is 1. The Labute approximate surface area is 123 Å². The lowest BCUT2D eigenvalue weighted by atomic mass is 9.88. The molecule has 1 fully saturated rings. The number of benzene rings is 2. The minimum absolute atomic E-state index is 0.174. The van der Waals surface area contributed by atoms with E-state index in [4.69, 9.17) is 5.73 Å². The average molecular weight is 284 g/mol. The van der Waals surface area contributed by atoms with Crippen LogP contribution in [-0.2, 0) is 11.2 Å². The molecular weight excluding hydrogens is 267 g/mol. The van der Waals surface area contributed by atoms with Crippen LogP contribution >= 0.6 is 0 Å². The van der Waals surface area contributed by atoms with Crippen LogP contribution in [0.5, 0.6) is 0 Å². The van der Waals surface area contributed by atoms with Gasteiger partial charge >= 0.3 is 0 Å². The molecular formula is C17H17FN2O. The summed E-state index contributed by atoms with van der Waals surface area (Å²) in [4.78, 5) is 13.7. The predicted molar refractivity (Wildman–Crippen MR) is 80.4 cm³/mol. The molecule has 1 aliphatic heterocycles. The summed E-state index contributed by atoms with van der Waals surface area (Å²) in [5.74, 6) is -0.506. The number of anilines is 1. The summed E-state index contributed by atoms with van der Waals surface area (Å²) in [5, 5.41) is 0. The first kappa shape index (κ1) is 13.8. The molecule has 0 aliphatic carbocycles. The molecule has 0 aromatic heterocycles. The van der Waals surface area contributed by atoms with Crippen molar-refractivity contribution in [3.8, 4) is 0 Å². The zero-order chi connectivity index (χ0) is 15.0. The molecule has 2 aromatic carbocycles. The molecule has 0 spiro atoms. The molecule has 3 nitrogen and oxygen atoms in total. The standard InChI is InChI=1S/C17H17FN2O/c1-2-11-7-9-12(10-8-11)20-16(15(19)17(20)21)13-5-3-4-6-14(13)18/h3-10,15-16H,2,19H2,1H3/t15-,16+/m1/s1. The smallest absolute Gasteiger partial charge is 0.247 e. The third-order valence-electron chi connectivity index (χ3n) is 3.99. The fourth-order valence-corrected chi connectivity index (χ4v) is 2.74. The predicted octanol–water partition coefficient (Wildman–Crippen LogP) is 2.80. The van der Waals surface area contributed by atoms with Gasteiger partial charge in [-0.2, -0.15) is 0 Å². The van der Waals surface area contributed by atoms with Gasteiger partial charge in [0.1, 0.15) is 11.9 Å². The minimum atomic E-state index is -0.687. The Morgan fingerprint density at radius 1 is 1.14 bits per heavy atom. The number of halogens is 1. The fraction of sp³-hybridized carbons (Fsp3) is 0.235. The van der Waals surface area contributed by atoms with Crippen LogP contribution in [0.3, 0.4) is 0 Å². The van der Waals surface area contributed by atoms with Crippen molar-refractivity contribution in [1.82, 2.24) is 0 Å². The van der Waals surface area contributed by atoms with Gasteiger partial charge in [0.2, 0.25) is 5.91 Å². The molecule has 4 heteroatoms. The number of nitrogens with zero attached hydrogens (tertiary/aromatic N) is 1. The van der Waals surface area contributed by atoms with Gasteiger partial charge in [-0.15, -0.1) is 0 Å². The Kier molecular flexibility index (Phi) is 3.47. The maximum Gasteiger partial charge on any atom is 0.247 e. The zero-order valence-corrected chi connectivity index (χ0v) is 11.8. The van der Waals surface area contributed by atoms with Crippen molar-refractivity contribution in [2.75, 3.05) is 4.90 Å². The molecule has 108 valence electrons. The molecule has 2 atom stereocenters. The molecule has 1 amide bonds. The zero-order valence-electron chi connectivity index (χ0n) is 11.8. The quantitative estimate of drug-likeness (QED) is 0.881. The maximum absolute atomic E-state index is 14.0. The molecule has 0 radical (unpaired) electrons. The van der Waals surface area contributed by atoms with E-state index in [1.54, 1.807) is 23.1 Å². The molecule has 3 rings (SSSR count). The normalized spacial score (nSPS) is 21.3. The highest BCUT2D eigenvalue weighted by Crippen LogP contribution is 2.39. The van der Waals surface area contributed by atoms with Crippen molar-refractivity contribution in [2.45, 2.75) is 25.4 Å². The first-order chi connectivity index (χ1) is 10.1. The van der Waals surface area contributed by atoms with Crippen LogP contribution < -0.4 is 10.6 Å². The van der Waals surface area contributed by atoms with Gasteiger partial charge < -0.3 is 10.6 Å². The summed E-state index contributed by atoms with van der Waals surface area (Å²) in [6.45, 7) is 2.07. The highest BCUT2D eigenvalue weighted by Gasteiger charge is 2.47. The van der Waals surface area contributed by atoms with E-state index >= 15 is 0 Å². The highest BCUT2D eigenvalue weighted by molar-refractivity contribution is 6.05. The summed E-state index contributed by atoms with van der Waals surface area (Å²) in [6, 6.07) is 13.1. The summed E-state index contributed by atoms with van der Waals surface area (Å²) in [7, 11) is 0. The largest absolute Gasteiger partial charge is 0.318 e. The van der Waals surface area contributed by atoms with Crippen LogP contribution in [0.1, 0.15) is 24.1 Å². The molecule has 0 bridgehead atoms. The monoisotopic (exact) mass is 284 g/mol. The topological polar surface area (TPSA) is 46.3 Å². The van der Waals surface area contributed by atoms with E-state index in [1.807, 2.05) is 24.3 Å². The number of hydrogen-bond acceptors (Lipinski definition) is 2. The number of aryl methyl sites for hydroxylation is 1. The van der Waals surface area contributed by atoms with Gasteiger partial charge in [0, 0.05) is 11.3 Å². The van der Waals surface area contributed by atoms with Crippen molar-refractivity contribution >= 4 is 11.6 Å². The first-order valence-electron chi connectivity index (χ1n) is 7.05. The van der Waals surface area contributed by atoms with Gasteiger partial charge in [-0.05, 0) is 30.2 Å². The Balaban J connectivity index is 1.96. The Bertz CT molecular complexity index is 669. The fourth-order valence-electron chi connectivity index (χ4n) is 2.74. The molecule has 2 N–H and O–H groups in total. The second-order valence-corrected chi connectivity index (χ2v) is 5.22. The Morgan fingerprint density at radius 2 is 1.81 bits per heavy atom. The number of rotatable bonds is 3. The van der Waals surface area contributed by atoms with Crippen LogP contribution in [0.4, 0.5) is 10.1 Å². The molecule has 0 unspecified atom stereocenters. The van der Waals surface area contributed by atoms with Crippen molar-refractivity contribution in [2.24, 2.45) is 5.73 Å². The van der Waals surface area contributed by atoms with Crippen molar-refractivity contribution in [3.63, 3.8) is 0 Å². The van der Waals surface area contributed by atoms with Crippen LogP contribution in [0, 0.1) is 5.82 Å². The number of amides is 1. The van der Waals surface area contributed by atoms with E-state index in [9.17, 15) is 9.18 Å².